The molecule has 0 amide bonds. The molecule has 20 heavy (non-hydrogen) atoms. The first kappa shape index (κ1) is 15.7. The first-order valence-corrected chi connectivity index (χ1v) is 7.94. The average Bonchev–Trinajstić information content (AvgIpc) is 2.44. The largest absolute Gasteiger partial charge is 0.316 e. The van der Waals surface area contributed by atoms with Gasteiger partial charge in [0.25, 0.3) is 0 Å². The van der Waals surface area contributed by atoms with Crippen molar-refractivity contribution < 1.29 is 4.39 Å². The molecule has 1 N–H and O–H groups in total. The molecule has 1 unspecified atom stereocenters. The van der Waals surface area contributed by atoms with Gasteiger partial charge in [-0.05, 0) is 62.5 Å². The molecule has 0 saturated carbocycles. The SMILES string of the molecule is CCCN(Cc1ccc(F)c(Cl)c1)CC1CCCNC1. The Bertz CT molecular complexity index is 419. The Hall–Kier alpha value is -0.640. The first-order valence-electron chi connectivity index (χ1n) is 7.56. The molecular weight excluding hydrogens is 275 g/mol. The number of nitrogens with zero attached hydrogens (tertiary/aromatic N) is 1. The van der Waals surface area contributed by atoms with E-state index in [-0.39, 0.29) is 10.8 Å². The Morgan fingerprint density at radius 2 is 2.30 bits per heavy atom. The highest BCUT2D eigenvalue weighted by molar-refractivity contribution is 6.30. The third-order valence-electron chi connectivity index (χ3n) is 3.85. The van der Waals surface area contributed by atoms with Crippen molar-refractivity contribution in [1.29, 1.82) is 0 Å². The van der Waals surface area contributed by atoms with E-state index in [9.17, 15) is 4.39 Å². The number of halogens is 2. The summed E-state index contributed by atoms with van der Waals surface area (Å²) in [6.45, 7) is 7.50. The lowest BCUT2D eigenvalue weighted by Gasteiger charge is -2.30. The lowest BCUT2D eigenvalue weighted by molar-refractivity contribution is 0.201. The number of piperidine rings is 1. The van der Waals surface area contributed by atoms with Gasteiger partial charge in [0.05, 0.1) is 5.02 Å². The molecule has 2 nitrogen and oxygen atoms in total. The van der Waals surface area contributed by atoms with E-state index in [1.54, 1.807) is 6.07 Å². The molecule has 1 atom stereocenters. The van der Waals surface area contributed by atoms with Crippen LogP contribution in [0.3, 0.4) is 0 Å². The van der Waals surface area contributed by atoms with Crippen LogP contribution in [0.2, 0.25) is 5.02 Å². The third-order valence-corrected chi connectivity index (χ3v) is 4.14. The van der Waals surface area contributed by atoms with E-state index in [1.807, 2.05) is 6.07 Å². The maximum Gasteiger partial charge on any atom is 0.141 e. The van der Waals surface area contributed by atoms with Gasteiger partial charge >= 0.3 is 0 Å². The lowest BCUT2D eigenvalue weighted by Crippen LogP contribution is -2.38. The van der Waals surface area contributed by atoms with Crippen molar-refractivity contribution in [2.24, 2.45) is 5.92 Å². The smallest absolute Gasteiger partial charge is 0.141 e. The molecule has 0 aromatic heterocycles. The van der Waals surface area contributed by atoms with Crippen molar-refractivity contribution in [3.63, 3.8) is 0 Å². The second-order valence-corrected chi connectivity index (χ2v) is 6.10. The predicted octanol–water partition coefficient (Wildman–Crippen LogP) is 3.69. The van der Waals surface area contributed by atoms with Crippen LogP contribution in [-0.2, 0) is 6.54 Å². The monoisotopic (exact) mass is 298 g/mol. The number of rotatable bonds is 6. The molecule has 1 heterocycles. The van der Waals surface area contributed by atoms with E-state index in [0.29, 0.717) is 0 Å². The minimum atomic E-state index is -0.339. The van der Waals surface area contributed by atoms with E-state index in [0.717, 1.165) is 50.6 Å². The Morgan fingerprint density at radius 3 is 2.95 bits per heavy atom. The number of hydrogen-bond acceptors (Lipinski definition) is 2. The zero-order valence-corrected chi connectivity index (χ0v) is 12.9. The molecule has 1 aliphatic rings. The van der Waals surface area contributed by atoms with Gasteiger partial charge in [0.1, 0.15) is 5.82 Å². The fourth-order valence-corrected chi connectivity index (χ4v) is 3.10. The van der Waals surface area contributed by atoms with E-state index in [4.69, 9.17) is 11.6 Å². The molecule has 1 fully saturated rings. The fourth-order valence-electron chi connectivity index (χ4n) is 2.89. The minimum Gasteiger partial charge on any atom is -0.316 e. The van der Waals surface area contributed by atoms with Crippen LogP contribution in [0.5, 0.6) is 0 Å². The summed E-state index contributed by atoms with van der Waals surface area (Å²) >= 11 is 5.86. The Morgan fingerprint density at radius 1 is 1.45 bits per heavy atom. The van der Waals surface area contributed by atoms with Crippen LogP contribution in [0, 0.1) is 11.7 Å². The summed E-state index contributed by atoms with van der Waals surface area (Å²) in [7, 11) is 0. The highest BCUT2D eigenvalue weighted by Gasteiger charge is 2.17. The highest BCUT2D eigenvalue weighted by Crippen LogP contribution is 2.19. The van der Waals surface area contributed by atoms with Gasteiger partial charge in [0, 0.05) is 13.1 Å². The Labute approximate surface area is 126 Å². The van der Waals surface area contributed by atoms with Gasteiger partial charge in [-0.15, -0.1) is 0 Å². The summed E-state index contributed by atoms with van der Waals surface area (Å²) in [5, 5.41) is 3.69. The molecule has 112 valence electrons. The predicted molar refractivity (Wildman–Crippen MR) is 82.6 cm³/mol. The van der Waals surface area contributed by atoms with E-state index in [1.165, 1.54) is 18.9 Å². The van der Waals surface area contributed by atoms with Gasteiger partial charge in [-0.3, -0.25) is 4.90 Å². The summed E-state index contributed by atoms with van der Waals surface area (Å²) in [4.78, 5) is 2.46. The van der Waals surface area contributed by atoms with Crippen LogP contribution >= 0.6 is 11.6 Å². The van der Waals surface area contributed by atoms with Gasteiger partial charge in [-0.25, -0.2) is 4.39 Å². The quantitative estimate of drug-likeness (QED) is 0.861. The molecule has 0 radical (unpaired) electrons. The minimum absolute atomic E-state index is 0.221. The molecule has 0 aliphatic carbocycles. The molecule has 2 rings (SSSR count). The third kappa shape index (κ3) is 4.72. The molecule has 1 saturated heterocycles. The maximum absolute atomic E-state index is 13.2. The maximum atomic E-state index is 13.2. The average molecular weight is 299 g/mol. The van der Waals surface area contributed by atoms with Crippen LogP contribution in [0.1, 0.15) is 31.7 Å². The summed E-state index contributed by atoms with van der Waals surface area (Å²) in [5.41, 5.74) is 1.09. The van der Waals surface area contributed by atoms with Gasteiger partial charge in [0.15, 0.2) is 0 Å². The second kappa shape index (κ2) is 7.96. The van der Waals surface area contributed by atoms with Gasteiger partial charge in [-0.2, -0.15) is 0 Å². The summed E-state index contributed by atoms with van der Waals surface area (Å²) < 4.78 is 13.2. The number of nitrogens with one attached hydrogen (secondary N) is 1. The van der Waals surface area contributed by atoms with Crippen molar-refractivity contribution in [3.05, 3.63) is 34.6 Å². The van der Waals surface area contributed by atoms with Crippen LogP contribution < -0.4 is 5.32 Å². The molecule has 1 aromatic rings. The molecule has 1 aromatic carbocycles. The summed E-state index contributed by atoms with van der Waals surface area (Å²) in [6.07, 6.45) is 3.71. The van der Waals surface area contributed by atoms with E-state index < -0.39 is 0 Å². The summed E-state index contributed by atoms with van der Waals surface area (Å²) in [5.74, 6) is 0.389. The topological polar surface area (TPSA) is 15.3 Å². The van der Waals surface area contributed by atoms with E-state index in [2.05, 4.69) is 17.1 Å². The molecule has 0 bridgehead atoms. The standard InChI is InChI=1S/C16H24ClFN2/c1-2-8-20(12-14-4-3-7-19-10-14)11-13-5-6-16(18)15(17)9-13/h5-6,9,14,19H,2-4,7-8,10-12H2,1H3. The second-order valence-electron chi connectivity index (χ2n) is 5.70. The zero-order chi connectivity index (χ0) is 14.4. The normalized spacial score (nSPS) is 19.5. The lowest BCUT2D eigenvalue weighted by atomic mass is 9.98. The van der Waals surface area contributed by atoms with Crippen LogP contribution in [0.25, 0.3) is 0 Å². The fraction of sp³-hybridized carbons (Fsp3) is 0.625. The van der Waals surface area contributed by atoms with Gasteiger partial charge in [-0.1, -0.05) is 24.6 Å². The molecule has 1 aliphatic heterocycles. The van der Waals surface area contributed by atoms with Crippen molar-refractivity contribution in [2.75, 3.05) is 26.2 Å². The van der Waals surface area contributed by atoms with Crippen molar-refractivity contribution in [1.82, 2.24) is 10.2 Å². The zero-order valence-electron chi connectivity index (χ0n) is 12.2. The van der Waals surface area contributed by atoms with E-state index >= 15 is 0 Å². The number of benzene rings is 1. The Balaban J connectivity index is 1.94. The molecule has 4 heteroatoms. The molecule has 0 spiro atoms. The number of hydrogen-bond donors (Lipinski definition) is 1. The van der Waals surface area contributed by atoms with Gasteiger partial charge in [0.2, 0.25) is 0 Å². The van der Waals surface area contributed by atoms with Crippen LogP contribution in [0.15, 0.2) is 18.2 Å². The molecular formula is C16H24ClFN2. The first-order chi connectivity index (χ1) is 9.69. The van der Waals surface area contributed by atoms with Crippen LogP contribution in [0.4, 0.5) is 4.39 Å². The highest BCUT2D eigenvalue weighted by atomic mass is 35.5. The van der Waals surface area contributed by atoms with Crippen molar-refractivity contribution >= 4 is 11.6 Å². The van der Waals surface area contributed by atoms with Crippen molar-refractivity contribution in [2.45, 2.75) is 32.7 Å². The van der Waals surface area contributed by atoms with Crippen molar-refractivity contribution in [3.8, 4) is 0 Å². The van der Waals surface area contributed by atoms with Gasteiger partial charge < -0.3 is 5.32 Å². The summed E-state index contributed by atoms with van der Waals surface area (Å²) in [6, 6.07) is 5.05. The van der Waals surface area contributed by atoms with Crippen LogP contribution in [-0.4, -0.2) is 31.1 Å². The Kier molecular flexibility index (Phi) is 6.27.